The maximum atomic E-state index is 6.15. The Hall–Kier alpha value is -1.66. The largest absolute Gasteiger partial charge is 0.378 e. The van der Waals surface area contributed by atoms with E-state index in [9.17, 15) is 0 Å². The van der Waals surface area contributed by atoms with E-state index in [0.29, 0.717) is 10.0 Å². The SMILES string of the molecule is Cc1nc(C2=CCN(Cc3ccc(Cl)c(Cl)c3)CC2)nc(N2CCOCC2)c1C. The summed E-state index contributed by atoms with van der Waals surface area (Å²) in [6.07, 6.45) is 3.20. The van der Waals surface area contributed by atoms with E-state index in [1.54, 1.807) is 0 Å². The molecule has 0 saturated carbocycles. The minimum Gasteiger partial charge on any atom is -0.378 e. The predicted molar refractivity (Wildman–Crippen MR) is 119 cm³/mol. The van der Waals surface area contributed by atoms with E-state index in [4.69, 9.17) is 37.9 Å². The standard InChI is InChI=1S/C22H26Cl2N4O/c1-15-16(2)25-21(26-22(15)28-9-11-29-12-10-28)18-5-7-27(8-6-18)14-17-3-4-19(23)20(24)13-17/h3-5,13H,6-12,14H2,1-2H3. The first kappa shape index (κ1) is 20.6. The first-order valence-electron chi connectivity index (χ1n) is 10.0. The van der Waals surface area contributed by atoms with Gasteiger partial charge < -0.3 is 9.64 Å². The molecule has 1 saturated heterocycles. The molecule has 0 N–H and O–H groups in total. The van der Waals surface area contributed by atoms with E-state index in [2.05, 4.69) is 29.7 Å². The Morgan fingerprint density at radius 2 is 1.83 bits per heavy atom. The average molecular weight is 433 g/mol. The zero-order valence-corrected chi connectivity index (χ0v) is 18.4. The van der Waals surface area contributed by atoms with Gasteiger partial charge in [0, 0.05) is 44.0 Å². The van der Waals surface area contributed by atoms with Gasteiger partial charge in [0.05, 0.1) is 23.3 Å². The predicted octanol–water partition coefficient (Wildman–Crippen LogP) is 4.53. The number of morpholine rings is 1. The van der Waals surface area contributed by atoms with Gasteiger partial charge in [-0.1, -0.05) is 35.3 Å². The van der Waals surface area contributed by atoms with Crippen LogP contribution in [0.4, 0.5) is 5.82 Å². The van der Waals surface area contributed by atoms with Gasteiger partial charge in [0.15, 0.2) is 5.82 Å². The average Bonchev–Trinajstić information content (AvgIpc) is 2.74. The minimum absolute atomic E-state index is 0.596. The molecule has 4 rings (SSSR count). The van der Waals surface area contributed by atoms with Crippen LogP contribution in [0.25, 0.3) is 5.57 Å². The number of hydrogen-bond acceptors (Lipinski definition) is 5. The van der Waals surface area contributed by atoms with Crippen LogP contribution in [0.3, 0.4) is 0 Å². The molecule has 1 aromatic heterocycles. The van der Waals surface area contributed by atoms with Crippen LogP contribution >= 0.6 is 23.2 Å². The van der Waals surface area contributed by atoms with E-state index in [1.165, 1.54) is 11.1 Å². The third-order valence-corrected chi connectivity index (χ3v) is 6.38. The smallest absolute Gasteiger partial charge is 0.157 e. The fourth-order valence-corrected chi connectivity index (χ4v) is 4.12. The second-order valence-corrected chi connectivity index (χ2v) is 8.46. The quantitative estimate of drug-likeness (QED) is 0.709. The Balaban J connectivity index is 1.49. The van der Waals surface area contributed by atoms with Crippen molar-refractivity contribution >= 4 is 34.6 Å². The van der Waals surface area contributed by atoms with E-state index in [-0.39, 0.29) is 0 Å². The van der Waals surface area contributed by atoms with Crippen LogP contribution in [-0.4, -0.2) is 54.3 Å². The summed E-state index contributed by atoms with van der Waals surface area (Å²) in [7, 11) is 0. The zero-order chi connectivity index (χ0) is 20.4. The van der Waals surface area contributed by atoms with E-state index in [1.807, 2.05) is 18.2 Å². The van der Waals surface area contributed by atoms with Crippen molar-refractivity contribution < 1.29 is 4.74 Å². The number of rotatable bonds is 4. The monoisotopic (exact) mass is 432 g/mol. The highest BCUT2D eigenvalue weighted by atomic mass is 35.5. The summed E-state index contributed by atoms with van der Waals surface area (Å²) >= 11 is 12.2. The number of hydrogen-bond donors (Lipinski definition) is 0. The summed E-state index contributed by atoms with van der Waals surface area (Å²) < 4.78 is 5.49. The number of aromatic nitrogens is 2. The normalized spacial score (nSPS) is 18.1. The van der Waals surface area contributed by atoms with Gasteiger partial charge >= 0.3 is 0 Å². The molecule has 5 nitrogen and oxygen atoms in total. The van der Waals surface area contributed by atoms with Crippen molar-refractivity contribution in [3.8, 4) is 0 Å². The molecule has 0 bridgehead atoms. The van der Waals surface area contributed by atoms with E-state index >= 15 is 0 Å². The van der Waals surface area contributed by atoms with Crippen LogP contribution < -0.4 is 4.90 Å². The number of aryl methyl sites for hydroxylation is 1. The Morgan fingerprint density at radius 1 is 1.03 bits per heavy atom. The lowest BCUT2D eigenvalue weighted by molar-refractivity contribution is 0.122. The molecule has 3 heterocycles. The highest BCUT2D eigenvalue weighted by Gasteiger charge is 2.21. The zero-order valence-electron chi connectivity index (χ0n) is 16.9. The first-order valence-corrected chi connectivity index (χ1v) is 10.8. The maximum Gasteiger partial charge on any atom is 0.157 e. The molecule has 0 atom stereocenters. The minimum atomic E-state index is 0.596. The van der Waals surface area contributed by atoms with Gasteiger partial charge in [-0.25, -0.2) is 9.97 Å². The number of anilines is 1. The number of halogens is 2. The first-order chi connectivity index (χ1) is 14.0. The molecule has 0 amide bonds. The molecular formula is C22H26Cl2N4O. The van der Waals surface area contributed by atoms with Crippen LogP contribution in [-0.2, 0) is 11.3 Å². The van der Waals surface area contributed by atoms with Gasteiger partial charge in [0.1, 0.15) is 5.82 Å². The third kappa shape index (κ3) is 4.75. The molecule has 2 aliphatic rings. The fourth-order valence-electron chi connectivity index (χ4n) is 3.79. The highest BCUT2D eigenvalue weighted by molar-refractivity contribution is 6.42. The molecule has 154 valence electrons. The number of benzene rings is 1. The van der Waals surface area contributed by atoms with Crippen LogP contribution in [0.15, 0.2) is 24.3 Å². The molecule has 2 aliphatic heterocycles. The van der Waals surface area contributed by atoms with Crippen molar-refractivity contribution in [1.29, 1.82) is 0 Å². The summed E-state index contributed by atoms with van der Waals surface area (Å²) in [6.45, 7) is 10.2. The fraction of sp³-hybridized carbons (Fsp3) is 0.455. The van der Waals surface area contributed by atoms with Crippen molar-refractivity contribution in [1.82, 2.24) is 14.9 Å². The van der Waals surface area contributed by atoms with E-state index in [0.717, 1.165) is 75.3 Å². The lowest BCUT2D eigenvalue weighted by Gasteiger charge is -2.30. The summed E-state index contributed by atoms with van der Waals surface area (Å²) in [4.78, 5) is 14.5. The summed E-state index contributed by atoms with van der Waals surface area (Å²) in [6, 6.07) is 5.85. The van der Waals surface area contributed by atoms with E-state index < -0.39 is 0 Å². The molecule has 0 unspecified atom stereocenters. The van der Waals surface area contributed by atoms with Gasteiger partial charge in [-0.05, 0) is 43.5 Å². The van der Waals surface area contributed by atoms with Crippen LogP contribution in [0.2, 0.25) is 10.0 Å². The van der Waals surface area contributed by atoms with Crippen molar-refractivity contribution in [2.45, 2.75) is 26.8 Å². The molecule has 29 heavy (non-hydrogen) atoms. The summed E-state index contributed by atoms with van der Waals surface area (Å²) in [5.41, 5.74) is 4.62. The number of nitrogens with zero attached hydrogens (tertiary/aromatic N) is 4. The lowest BCUT2D eigenvalue weighted by atomic mass is 10.1. The molecule has 1 fully saturated rings. The maximum absolute atomic E-state index is 6.15. The van der Waals surface area contributed by atoms with Gasteiger partial charge in [-0.15, -0.1) is 0 Å². The van der Waals surface area contributed by atoms with Crippen LogP contribution in [0, 0.1) is 13.8 Å². The summed E-state index contributed by atoms with van der Waals surface area (Å²) in [5, 5.41) is 1.20. The van der Waals surface area contributed by atoms with Crippen LogP contribution in [0.5, 0.6) is 0 Å². The molecule has 7 heteroatoms. The Bertz CT molecular complexity index is 925. The lowest BCUT2D eigenvalue weighted by Crippen LogP contribution is -2.37. The van der Waals surface area contributed by atoms with Gasteiger partial charge in [0.2, 0.25) is 0 Å². The van der Waals surface area contributed by atoms with Crippen molar-refractivity contribution in [2.75, 3.05) is 44.3 Å². The molecule has 0 radical (unpaired) electrons. The molecule has 2 aromatic rings. The number of ether oxygens (including phenoxy) is 1. The summed E-state index contributed by atoms with van der Waals surface area (Å²) in [5.74, 6) is 1.92. The highest BCUT2D eigenvalue weighted by Crippen LogP contribution is 2.27. The second-order valence-electron chi connectivity index (χ2n) is 7.64. The van der Waals surface area contributed by atoms with Crippen molar-refractivity contribution in [3.05, 3.63) is 57.0 Å². The second kappa shape index (κ2) is 9.00. The Kier molecular flexibility index (Phi) is 6.40. The molecule has 0 spiro atoms. The topological polar surface area (TPSA) is 41.5 Å². The molecular weight excluding hydrogens is 407 g/mol. The van der Waals surface area contributed by atoms with Gasteiger partial charge in [-0.2, -0.15) is 0 Å². The molecule has 1 aromatic carbocycles. The van der Waals surface area contributed by atoms with Gasteiger partial charge in [0.25, 0.3) is 0 Å². The van der Waals surface area contributed by atoms with Gasteiger partial charge in [-0.3, -0.25) is 4.90 Å². The Morgan fingerprint density at radius 3 is 2.52 bits per heavy atom. The van der Waals surface area contributed by atoms with Crippen molar-refractivity contribution in [3.63, 3.8) is 0 Å². The van der Waals surface area contributed by atoms with Crippen molar-refractivity contribution in [2.24, 2.45) is 0 Å². The third-order valence-electron chi connectivity index (χ3n) is 5.64. The Labute approximate surface area is 182 Å². The molecule has 0 aliphatic carbocycles. The van der Waals surface area contributed by atoms with Crippen LogP contribution in [0.1, 0.15) is 29.1 Å².